The molecule has 2 rings (SSSR count). The number of hydrogen-bond acceptors (Lipinski definition) is 8. The molecule has 0 unspecified atom stereocenters. The highest BCUT2D eigenvalue weighted by molar-refractivity contribution is 6.63. The number of nitrogens with zero attached hydrogens (tertiary/aromatic N) is 4. The molecule has 9 nitrogen and oxygen atoms in total. The van der Waals surface area contributed by atoms with Crippen LogP contribution in [-0.2, 0) is 14.3 Å². The van der Waals surface area contributed by atoms with E-state index in [4.69, 9.17) is 16.3 Å². The van der Waals surface area contributed by atoms with Gasteiger partial charge in [0.15, 0.2) is 0 Å². The Morgan fingerprint density at radius 3 is 2.10 bits per heavy atom. The lowest BCUT2D eigenvalue weighted by Crippen LogP contribution is -2.23. The van der Waals surface area contributed by atoms with Crippen LogP contribution in [0.5, 0.6) is 0 Å². The van der Waals surface area contributed by atoms with Crippen molar-refractivity contribution in [3.8, 4) is 0 Å². The monoisotopic (exact) mass is 418 g/mol. The van der Waals surface area contributed by atoms with Crippen LogP contribution in [0.25, 0.3) is 0 Å². The molecule has 152 valence electrons. The number of carbonyl (C=O) groups is 2. The molecule has 0 N–H and O–H groups in total. The summed E-state index contributed by atoms with van der Waals surface area (Å²) in [6.45, 7) is 0.664. The Morgan fingerprint density at radius 1 is 1.03 bits per heavy atom. The maximum Gasteiger partial charge on any atom is 0.306 e. The van der Waals surface area contributed by atoms with Crippen LogP contribution in [0.3, 0.4) is 0 Å². The summed E-state index contributed by atoms with van der Waals surface area (Å²) >= 11 is 5.18. The van der Waals surface area contributed by atoms with Gasteiger partial charge in [-0.3, -0.25) is 19.7 Å². The van der Waals surface area contributed by atoms with Gasteiger partial charge in [0.2, 0.25) is 5.24 Å². The molecule has 0 atom stereocenters. The van der Waals surface area contributed by atoms with E-state index in [1.807, 2.05) is 24.1 Å². The van der Waals surface area contributed by atoms with Crippen molar-refractivity contribution < 1.29 is 19.2 Å². The number of halogens is 1. The van der Waals surface area contributed by atoms with Crippen LogP contribution in [0.4, 0.5) is 22.7 Å². The maximum atomic E-state index is 11.4. The summed E-state index contributed by atoms with van der Waals surface area (Å²) in [5.41, 5.74) is 2.02. The molecule has 0 amide bonds. The van der Waals surface area contributed by atoms with Crippen molar-refractivity contribution in [1.29, 1.82) is 0 Å². The van der Waals surface area contributed by atoms with E-state index in [9.17, 15) is 19.7 Å². The van der Waals surface area contributed by atoms with E-state index >= 15 is 0 Å². The smallest absolute Gasteiger partial charge is 0.306 e. The second-order valence-corrected chi connectivity index (χ2v) is 6.41. The molecule has 0 aliphatic rings. The minimum atomic E-state index is -0.565. The molecule has 0 heterocycles. The van der Waals surface area contributed by atoms with Crippen molar-refractivity contribution in [1.82, 2.24) is 0 Å². The number of benzene rings is 2. The maximum absolute atomic E-state index is 11.4. The number of non-ortho nitro benzene ring substituents is 1. The molecule has 2 aromatic carbocycles. The highest BCUT2D eigenvalue weighted by Gasteiger charge is 2.07. The first-order valence-electron chi connectivity index (χ1n) is 8.66. The molecule has 0 radical (unpaired) electrons. The van der Waals surface area contributed by atoms with Crippen molar-refractivity contribution >= 4 is 45.6 Å². The normalized spacial score (nSPS) is 10.7. The van der Waals surface area contributed by atoms with Crippen LogP contribution in [-0.4, -0.2) is 36.3 Å². The average molecular weight is 419 g/mol. The summed E-state index contributed by atoms with van der Waals surface area (Å²) in [6.07, 6.45) is -0.0629. The third kappa shape index (κ3) is 7.67. The van der Waals surface area contributed by atoms with Crippen molar-refractivity contribution in [2.75, 3.05) is 25.1 Å². The van der Waals surface area contributed by atoms with Crippen LogP contribution < -0.4 is 4.90 Å². The lowest BCUT2D eigenvalue weighted by atomic mass is 10.2. The van der Waals surface area contributed by atoms with Crippen LogP contribution in [0.2, 0.25) is 0 Å². The number of azo groups is 1. The number of likely N-dealkylation sites (N-methyl/N-ethyl adjacent to an activating group) is 1. The highest BCUT2D eigenvalue weighted by Crippen LogP contribution is 2.23. The molecule has 0 aliphatic carbocycles. The molecular formula is C19H19ClN4O5. The molecule has 0 spiro atoms. The molecule has 0 saturated carbocycles. The van der Waals surface area contributed by atoms with Gasteiger partial charge in [-0.25, -0.2) is 0 Å². The molecular weight excluding hydrogens is 400 g/mol. The van der Waals surface area contributed by atoms with Gasteiger partial charge >= 0.3 is 5.97 Å². The first-order valence-corrected chi connectivity index (χ1v) is 9.04. The molecule has 0 aromatic heterocycles. The topological polar surface area (TPSA) is 114 Å². The molecule has 29 heavy (non-hydrogen) atoms. The van der Waals surface area contributed by atoms with Gasteiger partial charge in [0, 0.05) is 31.3 Å². The van der Waals surface area contributed by atoms with E-state index in [0.29, 0.717) is 17.9 Å². The first kappa shape index (κ1) is 22.0. The molecule has 0 saturated heterocycles. The van der Waals surface area contributed by atoms with Gasteiger partial charge in [-0.1, -0.05) is 0 Å². The van der Waals surface area contributed by atoms with E-state index < -0.39 is 16.1 Å². The number of rotatable bonds is 10. The van der Waals surface area contributed by atoms with Crippen molar-refractivity contribution in [2.24, 2.45) is 10.2 Å². The quantitative estimate of drug-likeness (QED) is 0.184. The van der Waals surface area contributed by atoms with Crippen molar-refractivity contribution in [3.05, 3.63) is 58.6 Å². The van der Waals surface area contributed by atoms with Crippen molar-refractivity contribution in [2.45, 2.75) is 12.8 Å². The first-order chi connectivity index (χ1) is 13.8. The van der Waals surface area contributed by atoms with Gasteiger partial charge in [0.1, 0.15) is 6.61 Å². The minimum Gasteiger partial charge on any atom is -0.464 e. The highest BCUT2D eigenvalue weighted by atomic mass is 35.5. The van der Waals surface area contributed by atoms with Gasteiger partial charge in [0.25, 0.3) is 5.69 Å². The SMILES string of the molecule is CN(CCOC(=O)CCC(=O)Cl)c1ccc(N=Nc2ccc([N+](=O)[O-])cc2)cc1. The predicted octanol–water partition coefficient (Wildman–Crippen LogP) is 4.54. The zero-order valence-electron chi connectivity index (χ0n) is 15.7. The molecule has 10 heteroatoms. The summed E-state index contributed by atoms with van der Waals surface area (Å²) in [5.74, 6) is -0.464. The van der Waals surface area contributed by atoms with E-state index in [1.165, 1.54) is 24.3 Å². The second kappa shape index (κ2) is 10.9. The fourth-order valence-electron chi connectivity index (χ4n) is 2.23. The number of ether oxygens (including phenoxy) is 1. The lowest BCUT2D eigenvalue weighted by molar-refractivity contribution is -0.384. The Morgan fingerprint density at radius 2 is 1.59 bits per heavy atom. The Bertz CT molecular complexity index is 884. The fraction of sp³-hybridized carbons (Fsp3) is 0.263. The largest absolute Gasteiger partial charge is 0.464 e. The van der Waals surface area contributed by atoms with Gasteiger partial charge in [0.05, 0.1) is 29.3 Å². The summed E-state index contributed by atoms with van der Waals surface area (Å²) in [6, 6.07) is 13.0. The number of esters is 1. The van der Waals surface area contributed by atoms with Crippen LogP contribution in [0, 0.1) is 10.1 Å². The third-order valence-corrected chi connectivity index (χ3v) is 4.04. The van der Waals surface area contributed by atoms with Gasteiger partial charge < -0.3 is 9.64 Å². The number of hydrogen-bond donors (Lipinski definition) is 0. The zero-order valence-corrected chi connectivity index (χ0v) is 16.4. The summed E-state index contributed by atoms with van der Waals surface area (Å²) in [5, 5.41) is 18.2. The summed E-state index contributed by atoms with van der Waals surface area (Å²) in [4.78, 5) is 34.1. The molecule has 0 bridgehead atoms. The molecule has 0 fully saturated rings. The van der Waals surface area contributed by atoms with E-state index in [1.54, 1.807) is 12.1 Å². The Hall–Kier alpha value is -3.33. The van der Waals surface area contributed by atoms with E-state index in [2.05, 4.69) is 10.2 Å². The minimum absolute atomic E-state index is 0.00504. The van der Waals surface area contributed by atoms with Gasteiger partial charge in [-0.05, 0) is 48.0 Å². The average Bonchev–Trinajstić information content (AvgIpc) is 2.71. The van der Waals surface area contributed by atoms with Crippen molar-refractivity contribution in [3.63, 3.8) is 0 Å². The fourth-order valence-corrected chi connectivity index (χ4v) is 2.32. The van der Waals surface area contributed by atoms with Crippen LogP contribution >= 0.6 is 11.6 Å². The lowest BCUT2D eigenvalue weighted by Gasteiger charge is -2.19. The Kier molecular flexibility index (Phi) is 8.23. The molecule has 2 aromatic rings. The zero-order chi connectivity index (χ0) is 21.2. The number of anilines is 1. The van der Waals surface area contributed by atoms with Crippen LogP contribution in [0.15, 0.2) is 58.8 Å². The Labute approximate surface area is 172 Å². The van der Waals surface area contributed by atoms with E-state index in [0.717, 1.165) is 5.69 Å². The number of carbonyl (C=O) groups excluding carboxylic acids is 2. The standard InChI is InChI=1S/C19H19ClN4O5/c1-23(12-13-29-19(26)11-10-18(20)25)16-6-2-14(3-7-16)21-22-15-4-8-17(9-5-15)24(27)28/h2-9H,10-13H2,1H3. The summed E-state index contributed by atoms with van der Waals surface area (Å²) < 4.78 is 5.05. The Balaban J connectivity index is 1.83. The number of nitro groups is 1. The van der Waals surface area contributed by atoms with Crippen LogP contribution in [0.1, 0.15) is 12.8 Å². The second-order valence-electron chi connectivity index (χ2n) is 5.99. The van der Waals surface area contributed by atoms with Gasteiger partial charge in [-0.15, -0.1) is 0 Å². The molecule has 0 aliphatic heterocycles. The predicted molar refractivity (Wildman–Crippen MR) is 108 cm³/mol. The van der Waals surface area contributed by atoms with Gasteiger partial charge in [-0.2, -0.15) is 10.2 Å². The van der Waals surface area contributed by atoms with E-state index in [-0.39, 0.29) is 25.1 Å². The third-order valence-electron chi connectivity index (χ3n) is 3.85. The summed E-state index contributed by atoms with van der Waals surface area (Å²) in [7, 11) is 1.85. The number of nitro benzene ring substituents is 1.